The topological polar surface area (TPSA) is 67.4 Å². The molecule has 5 nitrogen and oxygen atoms in total. The van der Waals surface area contributed by atoms with Crippen molar-refractivity contribution in [3.8, 4) is 0 Å². The molecule has 104 valence electrons. The van der Waals surface area contributed by atoms with E-state index >= 15 is 0 Å². The van der Waals surface area contributed by atoms with Crippen molar-refractivity contribution >= 4 is 12.5 Å². The normalized spacial score (nSPS) is 23.2. The Labute approximate surface area is 109 Å². The van der Waals surface area contributed by atoms with Crippen LogP contribution in [-0.4, -0.2) is 31.7 Å². The van der Waals surface area contributed by atoms with E-state index in [0.717, 1.165) is 45.1 Å². The van der Waals surface area contributed by atoms with Crippen molar-refractivity contribution in [2.75, 3.05) is 13.1 Å². The molecular weight excluding hydrogens is 232 g/mol. The van der Waals surface area contributed by atoms with Crippen molar-refractivity contribution in [3.05, 3.63) is 0 Å². The fourth-order valence-electron chi connectivity index (χ4n) is 2.23. The first kappa shape index (κ1) is 14.8. The van der Waals surface area contributed by atoms with Gasteiger partial charge in [-0.25, -0.2) is 4.79 Å². The third kappa shape index (κ3) is 5.89. The summed E-state index contributed by atoms with van der Waals surface area (Å²) in [6, 6.07) is -0.0743. The number of hydrogen-bond donors (Lipinski definition) is 2. The lowest BCUT2D eigenvalue weighted by Crippen LogP contribution is -2.39. The van der Waals surface area contributed by atoms with Crippen LogP contribution in [0.3, 0.4) is 0 Å². The summed E-state index contributed by atoms with van der Waals surface area (Å²) < 4.78 is 4.94. The Kier molecular flexibility index (Phi) is 7.22. The molecule has 2 amide bonds. The average Bonchev–Trinajstić information content (AvgIpc) is 2.39. The van der Waals surface area contributed by atoms with Gasteiger partial charge in [-0.05, 0) is 38.0 Å². The van der Waals surface area contributed by atoms with Gasteiger partial charge in [0.25, 0.3) is 6.47 Å². The second-order valence-electron chi connectivity index (χ2n) is 4.87. The maximum atomic E-state index is 11.4. The number of nitrogens with one attached hydrogen (secondary N) is 2. The van der Waals surface area contributed by atoms with Gasteiger partial charge in [0.2, 0.25) is 0 Å². The Hall–Kier alpha value is -1.26. The van der Waals surface area contributed by atoms with Crippen LogP contribution in [0.2, 0.25) is 0 Å². The highest BCUT2D eigenvalue weighted by Gasteiger charge is 2.22. The molecule has 0 radical (unpaired) electrons. The Bertz CT molecular complexity index is 251. The van der Waals surface area contributed by atoms with Gasteiger partial charge in [0.05, 0.1) is 0 Å². The van der Waals surface area contributed by atoms with Gasteiger partial charge >= 0.3 is 6.03 Å². The summed E-state index contributed by atoms with van der Waals surface area (Å²) in [7, 11) is 0. The highest BCUT2D eigenvalue weighted by molar-refractivity contribution is 5.73. The molecule has 1 saturated carbocycles. The minimum absolute atomic E-state index is 0.0743. The molecule has 1 aliphatic carbocycles. The molecule has 0 aromatic heterocycles. The minimum Gasteiger partial charge on any atom is -0.465 e. The summed E-state index contributed by atoms with van der Waals surface area (Å²) in [6.07, 6.45) is 6.01. The average molecular weight is 256 g/mol. The third-order valence-corrected chi connectivity index (χ3v) is 3.41. The van der Waals surface area contributed by atoms with Crippen LogP contribution in [-0.2, 0) is 9.53 Å². The largest absolute Gasteiger partial charge is 0.465 e. The maximum Gasteiger partial charge on any atom is 0.314 e. The molecule has 0 unspecified atom stereocenters. The maximum absolute atomic E-state index is 11.4. The van der Waals surface area contributed by atoms with Gasteiger partial charge in [0.15, 0.2) is 0 Å². The summed E-state index contributed by atoms with van der Waals surface area (Å²) in [4.78, 5) is 21.6. The smallest absolute Gasteiger partial charge is 0.314 e. The first-order chi connectivity index (χ1) is 8.76. The van der Waals surface area contributed by atoms with Crippen LogP contribution in [0.15, 0.2) is 0 Å². The van der Waals surface area contributed by atoms with Gasteiger partial charge in [-0.3, -0.25) is 4.79 Å². The Morgan fingerprint density at radius 1 is 1.28 bits per heavy atom. The second kappa shape index (κ2) is 8.78. The summed E-state index contributed by atoms with van der Waals surface area (Å²) in [6.45, 7) is 4.08. The second-order valence-corrected chi connectivity index (χ2v) is 4.87. The fourth-order valence-corrected chi connectivity index (χ4v) is 2.23. The molecule has 1 rings (SSSR count). The predicted octanol–water partition coefficient (Wildman–Crippen LogP) is 1.82. The number of unbranched alkanes of at least 4 members (excludes halogenated alkanes) is 1. The number of amides is 2. The van der Waals surface area contributed by atoms with E-state index in [1.807, 2.05) is 0 Å². The van der Waals surface area contributed by atoms with E-state index in [-0.39, 0.29) is 12.1 Å². The molecule has 1 fully saturated rings. The number of ether oxygens (including phenoxy) is 1. The standard InChI is InChI=1S/C13H24N2O3/c1-2-3-8-14-13(17)15-9-11-4-6-12(7-5-11)18-10-16/h10-12H,2-9H2,1H3,(H2,14,15,17). The fraction of sp³-hybridized carbons (Fsp3) is 0.846. The van der Waals surface area contributed by atoms with E-state index < -0.39 is 0 Å². The summed E-state index contributed by atoms with van der Waals surface area (Å²) >= 11 is 0. The van der Waals surface area contributed by atoms with E-state index in [1.54, 1.807) is 0 Å². The predicted molar refractivity (Wildman–Crippen MR) is 69.2 cm³/mol. The lowest BCUT2D eigenvalue weighted by molar-refractivity contribution is -0.135. The highest BCUT2D eigenvalue weighted by atomic mass is 16.5. The zero-order chi connectivity index (χ0) is 13.2. The van der Waals surface area contributed by atoms with Crippen molar-refractivity contribution in [2.45, 2.75) is 51.6 Å². The Balaban J connectivity index is 2.06. The molecule has 0 aliphatic heterocycles. The first-order valence-electron chi connectivity index (χ1n) is 6.87. The zero-order valence-electron chi connectivity index (χ0n) is 11.1. The molecule has 2 N–H and O–H groups in total. The lowest BCUT2D eigenvalue weighted by Gasteiger charge is -2.27. The SMILES string of the molecule is CCCCNC(=O)NCC1CCC(OC=O)CC1. The molecule has 0 spiro atoms. The summed E-state index contributed by atoms with van der Waals surface area (Å²) in [5.74, 6) is 0.508. The monoisotopic (exact) mass is 256 g/mol. The molecule has 0 heterocycles. The molecule has 0 atom stereocenters. The number of hydrogen-bond acceptors (Lipinski definition) is 3. The van der Waals surface area contributed by atoms with Crippen LogP contribution in [0, 0.1) is 5.92 Å². The van der Waals surface area contributed by atoms with E-state index in [0.29, 0.717) is 18.9 Å². The molecule has 18 heavy (non-hydrogen) atoms. The quantitative estimate of drug-likeness (QED) is 0.539. The summed E-state index contributed by atoms with van der Waals surface area (Å²) in [5.41, 5.74) is 0. The lowest BCUT2D eigenvalue weighted by atomic mass is 9.87. The molecule has 1 aliphatic rings. The molecule has 0 bridgehead atoms. The van der Waals surface area contributed by atoms with Gasteiger partial charge in [-0.1, -0.05) is 13.3 Å². The van der Waals surface area contributed by atoms with Crippen molar-refractivity contribution in [1.29, 1.82) is 0 Å². The van der Waals surface area contributed by atoms with Gasteiger partial charge < -0.3 is 15.4 Å². The third-order valence-electron chi connectivity index (χ3n) is 3.41. The Morgan fingerprint density at radius 2 is 2.00 bits per heavy atom. The molecule has 0 aromatic rings. The van der Waals surface area contributed by atoms with E-state index in [4.69, 9.17) is 4.74 Å². The van der Waals surface area contributed by atoms with E-state index in [1.165, 1.54) is 0 Å². The summed E-state index contributed by atoms with van der Waals surface area (Å²) in [5, 5.41) is 5.73. The number of urea groups is 1. The molecule has 0 saturated heterocycles. The first-order valence-corrected chi connectivity index (χ1v) is 6.87. The number of carbonyl (C=O) groups excluding carboxylic acids is 2. The van der Waals surface area contributed by atoms with Crippen LogP contribution in [0.25, 0.3) is 0 Å². The van der Waals surface area contributed by atoms with Crippen LogP contribution in [0.4, 0.5) is 4.79 Å². The number of carbonyl (C=O) groups is 2. The van der Waals surface area contributed by atoms with Crippen molar-refractivity contribution < 1.29 is 14.3 Å². The van der Waals surface area contributed by atoms with E-state index in [9.17, 15) is 9.59 Å². The van der Waals surface area contributed by atoms with Crippen molar-refractivity contribution in [3.63, 3.8) is 0 Å². The Morgan fingerprint density at radius 3 is 2.61 bits per heavy atom. The van der Waals surface area contributed by atoms with Crippen LogP contribution in [0.5, 0.6) is 0 Å². The van der Waals surface area contributed by atoms with Gasteiger partial charge in [0, 0.05) is 13.1 Å². The van der Waals surface area contributed by atoms with Gasteiger partial charge in [0.1, 0.15) is 6.10 Å². The minimum atomic E-state index is -0.0743. The highest BCUT2D eigenvalue weighted by Crippen LogP contribution is 2.25. The zero-order valence-corrected chi connectivity index (χ0v) is 11.1. The van der Waals surface area contributed by atoms with Crippen molar-refractivity contribution in [2.24, 2.45) is 5.92 Å². The molecular formula is C13H24N2O3. The van der Waals surface area contributed by atoms with Gasteiger partial charge in [-0.15, -0.1) is 0 Å². The van der Waals surface area contributed by atoms with Crippen molar-refractivity contribution in [1.82, 2.24) is 10.6 Å². The molecule has 5 heteroatoms. The van der Waals surface area contributed by atoms with Crippen LogP contribution >= 0.6 is 0 Å². The van der Waals surface area contributed by atoms with Crippen LogP contribution < -0.4 is 10.6 Å². The van der Waals surface area contributed by atoms with Gasteiger partial charge in [-0.2, -0.15) is 0 Å². The number of rotatable bonds is 7. The molecule has 0 aromatic carbocycles. The van der Waals surface area contributed by atoms with Crippen LogP contribution in [0.1, 0.15) is 45.4 Å². The van der Waals surface area contributed by atoms with E-state index in [2.05, 4.69) is 17.6 Å².